The summed E-state index contributed by atoms with van der Waals surface area (Å²) in [7, 11) is -1.77. The molecule has 1 aromatic heterocycles. The van der Waals surface area contributed by atoms with Gasteiger partial charge in [-0.15, -0.1) is 0 Å². The van der Waals surface area contributed by atoms with Crippen molar-refractivity contribution in [1.29, 1.82) is 0 Å². The topological polar surface area (TPSA) is 108 Å². The number of likely N-dealkylation sites (tertiary alicyclic amines) is 1. The molecule has 0 bridgehead atoms. The molecule has 0 saturated carbocycles. The predicted molar refractivity (Wildman–Crippen MR) is 225 cm³/mol. The number of aromatic nitrogens is 1. The van der Waals surface area contributed by atoms with Gasteiger partial charge in [0, 0.05) is 57.0 Å². The zero-order valence-electron chi connectivity index (χ0n) is 34.1. The fourth-order valence-electron chi connectivity index (χ4n) is 7.26. The highest BCUT2D eigenvalue weighted by molar-refractivity contribution is 6.76. The Bertz CT molecular complexity index is 2230. The maximum Gasteiger partial charge on any atom is 0.495 e. The first-order chi connectivity index (χ1) is 27.1. The van der Waals surface area contributed by atoms with E-state index >= 15 is 0 Å². The van der Waals surface area contributed by atoms with Gasteiger partial charge in [0.2, 0.25) is 5.91 Å². The zero-order valence-corrected chi connectivity index (χ0v) is 35.1. The molecule has 4 aromatic rings. The van der Waals surface area contributed by atoms with Crippen molar-refractivity contribution in [3.05, 3.63) is 89.6 Å². The SMILES string of the molecule is CC1(C)OB(c2cccc3cc(-c4ccc(OCCCC#Cc5cccc6c5CN(C5CCC(=O)N(COCC[Si](C)(C)C)C5=O)C6=O)cc4)ncc23)OC1(C)C. The van der Waals surface area contributed by atoms with Gasteiger partial charge in [0.15, 0.2) is 0 Å². The van der Waals surface area contributed by atoms with Crippen molar-refractivity contribution in [2.45, 2.75) is 103 Å². The summed E-state index contributed by atoms with van der Waals surface area (Å²) in [5.74, 6) is 6.43. The van der Waals surface area contributed by atoms with Crippen LogP contribution in [0.2, 0.25) is 25.7 Å². The van der Waals surface area contributed by atoms with E-state index in [-0.39, 0.29) is 37.4 Å². The maximum atomic E-state index is 13.5. The van der Waals surface area contributed by atoms with Gasteiger partial charge in [-0.2, -0.15) is 0 Å². The van der Waals surface area contributed by atoms with E-state index in [1.54, 1.807) is 11.0 Å². The molecule has 1 unspecified atom stereocenters. The highest BCUT2D eigenvalue weighted by Gasteiger charge is 2.52. The van der Waals surface area contributed by atoms with Crippen LogP contribution in [0.4, 0.5) is 0 Å². The van der Waals surface area contributed by atoms with E-state index in [0.29, 0.717) is 31.6 Å². The lowest BCUT2D eigenvalue weighted by atomic mass is 9.76. The minimum Gasteiger partial charge on any atom is -0.494 e. The van der Waals surface area contributed by atoms with E-state index in [1.807, 2.05) is 54.7 Å². The lowest BCUT2D eigenvalue weighted by Crippen LogP contribution is -2.55. The molecule has 0 radical (unpaired) electrons. The van der Waals surface area contributed by atoms with Crippen LogP contribution in [0.5, 0.6) is 5.75 Å². The highest BCUT2D eigenvalue weighted by Crippen LogP contribution is 2.37. The molecule has 12 heteroatoms. The van der Waals surface area contributed by atoms with Gasteiger partial charge in [0.1, 0.15) is 18.5 Å². The molecule has 2 fully saturated rings. The van der Waals surface area contributed by atoms with Crippen molar-refractivity contribution >= 4 is 49.1 Å². The molecule has 57 heavy (non-hydrogen) atoms. The van der Waals surface area contributed by atoms with Gasteiger partial charge in [-0.25, -0.2) is 0 Å². The van der Waals surface area contributed by atoms with Crippen molar-refractivity contribution in [1.82, 2.24) is 14.8 Å². The molecule has 2 saturated heterocycles. The summed E-state index contributed by atoms with van der Waals surface area (Å²) in [5.41, 5.74) is 4.14. The minimum atomic E-state index is -1.31. The molecular weight excluding hydrogens is 733 g/mol. The fraction of sp³-hybridized carbons (Fsp3) is 0.422. The van der Waals surface area contributed by atoms with E-state index in [4.69, 9.17) is 23.8 Å². The zero-order chi connectivity index (χ0) is 40.5. The van der Waals surface area contributed by atoms with E-state index in [2.05, 4.69) is 71.3 Å². The average Bonchev–Trinajstić information content (AvgIpc) is 3.62. The molecule has 3 aliphatic heterocycles. The minimum absolute atomic E-state index is 0.0748. The van der Waals surface area contributed by atoms with Gasteiger partial charge < -0.3 is 23.7 Å². The third kappa shape index (κ3) is 8.72. The molecule has 7 rings (SSSR count). The van der Waals surface area contributed by atoms with E-state index in [9.17, 15) is 14.4 Å². The van der Waals surface area contributed by atoms with Crippen LogP contribution in [0.25, 0.3) is 22.0 Å². The molecule has 3 amide bonds. The number of hydrogen-bond donors (Lipinski definition) is 0. The first-order valence-electron chi connectivity index (χ1n) is 19.9. The van der Waals surface area contributed by atoms with Gasteiger partial charge in [0.05, 0.1) is 23.5 Å². The van der Waals surface area contributed by atoms with Crippen molar-refractivity contribution < 1.29 is 33.2 Å². The summed E-state index contributed by atoms with van der Waals surface area (Å²) in [6.45, 7) is 16.2. The number of nitrogens with zero attached hydrogens (tertiary/aromatic N) is 3. The Kier molecular flexibility index (Phi) is 11.5. The Labute approximate surface area is 337 Å². The number of amides is 3. The summed E-state index contributed by atoms with van der Waals surface area (Å²) in [5, 5.41) is 2.07. The molecule has 10 nitrogen and oxygen atoms in total. The molecule has 4 heterocycles. The van der Waals surface area contributed by atoms with Crippen LogP contribution in [0.15, 0.2) is 72.9 Å². The normalized spacial score (nSPS) is 18.9. The molecule has 0 aliphatic carbocycles. The largest absolute Gasteiger partial charge is 0.495 e. The number of unbranched alkanes of at least 4 members (excludes halogenated alkanes) is 1. The van der Waals surface area contributed by atoms with Gasteiger partial charge in [-0.1, -0.05) is 55.7 Å². The van der Waals surface area contributed by atoms with Crippen LogP contribution in [-0.4, -0.2) is 84.9 Å². The number of carbonyl (C=O) groups is 3. The summed E-state index contributed by atoms with van der Waals surface area (Å²) in [4.78, 5) is 47.2. The number of pyridine rings is 1. The first-order valence-corrected chi connectivity index (χ1v) is 23.6. The van der Waals surface area contributed by atoms with Gasteiger partial charge in [-0.3, -0.25) is 24.3 Å². The van der Waals surface area contributed by atoms with Crippen LogP contribution in [0, 0.1) is 11.8 Å². The number of hydrogen-bond acceptors (Lipinski definition) is 8. The molecule has 1 atom stereocenters. The van der Waals surface area contributed by atoms with Crippen molar-refractivity contribution in [2.75, 3.05) is 19.9 Å². The lowest BCUT2D eigenvalue weighted by Gasteiger charge is -2.35. The van der Waals surface area contributed by atoms with Crippen LogP contribution in [-0.2, 0) is 30.2 Å². The number of ether oxygens (including phenoxy) is 2. The highest BCUT2D eigenvalue weighted by atomic mass is 28.3. The third-order valence-electron chi connectivity index (χ3n) is 11.5. The number of fused-ring (bicyclic) bond motifs is 2. The summed E-state index contributed by atoms with van der Waals surface area (Å²) in [6.07, 6.45) is 3.74. The molecule has 3 aromatic carbocycles. The number of rotatable bonds is 12. The molecule has 0 N–H and O–H groups in total. The van der Waals surface area contributed by atoms with Gasteiger partial charge >= 0.3 is 7.12 Å². The second-order valence-electron chi connectivity index (χ2n) is 17.3. The van der Waals surface area contributed by atoms with Crippen LogP contribution < -0.4 is 10.2 Å². The van der Waals surface area contributed by atoms with E-state index < -0.39 is 32.4 Å². The Balaban J connectivity index is 0.911. The summed E-state index contributed by atoms with van der Waals surface area (Å²) < 4.78 is 24.4. The standard InChI is InChI=1S/C45H52BN3O7Si/c1-44(2)45(3,4)56-46(55-44)38-17-12-15-33-27-39(47-28-36(33)38)32-18-20-34(21-19-32)54-24-10-8-9-13-31-14-11-16-35-37(31)29-48(42(35)51)40-22-23-41(50)49(43(40)52)30-53-25-26-57(5,6)7/h11-12,14-21,27-28,40H,8,10,22-26,29-30H2,1-7H3. The Morgan fingerprint density at radius 3 is 2.42 bits per heavy atom. The monoisotopic (exact) mass is 785 g/mol. The van der Waals surface area contributed by atoms with Crippen LogP contribution in [0.3, 0.4) is 0 Å². The predicted octanol–water partition coefficient (Wildman–Crippen LogP) is 7.20. The van der Waals surface area contributed by atoms with Crippen molar-refractivity contribution in [2.24, 2.45) is 0 Å². The van der Waals surface area contributed by atoms with Crippen molar-refractivity contribution in [3.8, 4) is 28.8 Å². The molecule has 0 spiro atoms. The summed E-state index contributed by atoms with van der Waals surface area (Å²) in [6, 6.07) is 21.9. The Morgan fingerprint density at radius 2 is 1.68 bits per heavy atom. The third-order valence-corrected chi connectivity index (χ3v) is 13.2. The van der Waals surface area contributed by atoms with E-state index in [1.165, 1.54) is 4.90 Å². The van der Waals surface area contributed by atoms with Crippen molar-refractivity contribution in [3.63, 3.8) is 0 Å². The second kappa shape index (κ2) is 16.2. The lowest BCUT2D eigenvalue weighted by molar-refractivity contribution is -0.158. The maximum absolute atomic E-state index is 13.5. The number of piperidine rings is 1. The van der Waals surface area contributed by atoms with Crippen LogP contribution in [0.1, 0.15) is 74.9 Å². The fourth-order valence-corrected chi connectivity index (χ4v) is 8.02. The summed E-state index contributed by atoms with van der Waals surface area (Å²) >= 11 is 0. The molecule has 3 aliphatic rings. The van der Waals surface area contributed by atoms with Gasteiger partial charge in [0.25, 0.3) is 11.8 Å². The van der Waals surface area contributed by atoms with E-state index in [0.717, 1.165) is 56.8 Å². The number of imide groups is 1. The Morgan fingerprint density at radius 1 is 0.947 bits per heavy atom. The number of benzene rings is 3. The quantitative estimate of drug-likeness (QED) is 0.0643. The molecular formula is C45H52BN3O7Si. The number of carbonyl (C=O) groups excluding carboxylic acids is 3. The molecule has 296 valence electrons. The average molecular weight is 786 g/mol. The van der Waals surface area contributed by atoms with Gasteiger partial charge in [-0.05, 0) is 111 Å². The first kappa shape index (κ1) is 40.4. The smallest absolute Gasteiger partial charge is 0.494 e. The Hall–Kier alpha value is -4.80. The van der Waals surface area contributed by atoms with Crippen LogP contribution >= 0.6 is 0 Å². The second-order valence-corrected chi connectivity index (χ2v) is 23.0.